The van der Waals surface area contributed by atoms with Crippen LogP contribution in [0, 0.1) is 12.3 Å². The van der Waals surface area contributed by atoms with Crippen LogP contribution in [-0.4, -0.2) is 4.98 Å². The lowest BCUT2D eigenvalue weighted by atomic mass is 10.2. The topological polar surface area (TPSA) is 37.0 Å². The van der Waals surface area contributed by atoms with Crippen molar-refractivity contribution in [3.63, 3.8) is 0 Å². The van der Waals surface area contributed by atoms with Gasteiger partial charge in [-0.2, -0.15) is 0 Å². The average Bonchev–Trinajstić information content (AvgIpc) is 2.50. The summed E-state index contributed by atoms with van der Waals surface area (Å²) in [5.41, 5.74) is 7.83. The Hall–Kier alpha value is -1.53. The maximum atomic E-state index is 5.21. The number of hydrogen-bond acceptors (Lipinski definition) is 3. The molecule has 0 bridgehead atoms. The molecule has 0 spiro atoms. The van der Waals surface area contributed by atoms with E-state index in [0.717, 1.165) is 23.5 Å². The molecule has 1 aromatic rings. The molecule has 0 saturated carbocycles. The highest BCUT2D eigenvalue weighted by atomic mass is 15.4. The van der Waals surface area contributed by atoms with E-state index in [1.165, 1.54) is 0 Å². The first-order valence-corrected chi connectivity index (χ1v) is 3.34. The van der Waals surface area contributed by atoms with Crippen LogP contribution in [0.15, 0.2) is 12.3 Å². The van der Waals surface area contributed by atoms with E-state index < -0.39 is 0 Å². The summed E-state index contributed by atoms with van der Waals surface area (Å²) in [6.07, 6.45) is 6.89. The van der Waals surface area contributed by atoms with Crippen LogP contribution in [0.2, 0.25) is 0 Å². The van der Waals surface area contributed by atoms with Gasteiger partial charge in [0.15, 0.2) is 0 Å². The van der Waals surface area contributed by atoms with Gasteiger partial charge >= 0.3 is 0 Å². The van der Waals surface area contributed by atoms with Crippen molar-refractivity contribution in [1.29, 1.82) is 0 Å². The number of fused-ring (bicyclic) bond motifs is 1. The Kier molecular flexibility index (Phi) is 1.27. The van der Waals surface area contributed by atoms with Gasteiger partial charge in [0.05, 0.1) is 0 Å². The third-order valence-electron chi connectivity index (χ3n) is 1.62. The van der Waals surface area contributed by atoms with Gasteiger partial charge < -0.3 is 5.43 Å². The maximum absolute atomic E-state index is 5.21. The minimum Gasteiger partial charge on any atom is -0.305 e. The van der Waals surface area contributed by atoms with Crippen LogP contribution in [-0.2, 0) is 6.54 Å². The zero-order chi connectivity index (χ0) is 7.68. The Morgan fingerprint density at radius 3 is 3.36 bits per heavy atom. The van der Waals surface area contributed by atoms with Crippen molar-refractivity contribution in [1.82, 2.24) is 10.4 Å². The number of aromatic nitrogens is 1. The molecule has 0 unspecified atom stereocenters. The zero-order valence-electron chi connectivity index (χ0n) is 5.89. The third-order valence-corrected chi connectivity index (χ3v) is 1.62. The number of anilines is 1. The van der Waals surface area contributed by atoms with Crippen molar-refractivity contribution in [2.75, 3.05) is 5.43 Å². The molecule has 0 aromatic carbocycles. The monoisotopic (exact) mass is 145 g/mol. The van der Waals surface area contributed by atoms with E-state index in [9.17, 15) is 0 Å². The Bertz CT molecular complexity index is 325. The van der Waals surface area contributed by atoms with Crippen LogP contribution in [0.1, 0.15) is 11.1 Å². The fourth-order valence-corrected chi connectivity index (χ4v) is 1.06. The van der Waals surface area contributed by atoms with Crippen molar-refractivity contribution < 1.29 is 0 Å². The molecule has 3 nitrogen and oxygen atoms in total. The number of rotatable bonds is 0. The summed E-state index contributed by atoms with van der Waals surface area (Å²) in [5, 5.41) is 0. The van der Waals surface area contributed by atoms with Crippen molar-refractivity contribution in [2.45, 2.75) is 6.54 Å². The van der Waals surface area contributed by atoms with Gasteiger partial charge in [0, 0.05) is 23.9 Å². The Morgan fingerprint density at radius 2 is 2.55 bits per heavy atom. The maximum Gasteiger partial charge on any atom is 0.144 e. The van der Waals surface area contributed by atoms with Crippen molar-refractivity contribution in [3.05, 3.63) is 23.4 Å². The first-order chi connectivity index (χ1) is 5.40. The van der Waals surface area contributed by atoms with Crippen LogP contribution < -0.4 is 10.9 Å². The van der Waals surface area contributed by atoms with E-state index >= 15 is 0 Å². The average molecular weight is 145 g/mol. The Balaban J connectivity index is 2.51. The number of pyridine rings is 1. The largest absolute Gasteiger partial charge is 0.305 e. The minimum atomic E-state index is 0.790. The predicted molar refractivity (Wildman–Crippen MR) is 42.6 cm³/mol. The molecule has 54 valence electrons. The molecule has 2 heterocycles. The Morgan fingerprint density at radius 1 is 1.64 bits per heavy atom. The van der Waals surface area contributed by atoms with Crippen LogP contribution in [0.5, 0.6) is 0 Å². The number of terminal acetylenes is 1. The summed E-state index contributed by atoms with van der Waals surface area (Å²) in [6, 6.07) is 1.95. The first-order valence-electron chi connectivity index (χ1n) is 3.34. The molecule has 0 atom stereocenters. The fourth-order valence-electron chi connectivity index (χ4n) is 1.06. The van der Waals surface area contributed by atoms with E-state index in [2.05, 4.69) is 21.8 Å². The van der Waals surface area contributed by atoms with Gasteiger partial charge in [0.1, 0.15) is 5.82 Å². The molecular formula is C8H7N3. The molecular weight excluding hydrogens is 138 g/mol. The lowest BCUT2D eigenvalue weighted by Crippen LogP contribution is -2.11. The third kappa shape index (κ3) is 0.935. The predicted octanol–water partition coefficient (Wildman–Crippen LogP) is 0.493. The molecule has 0 saturated heterocycles. The van der Waals surface area contributed by atoms with Gasteiger partial charge in [-0.05, 0) is 6.07 Å². The number of nitrogens with zero attached hydrogens (tertiary/aromatic N) is 1. The molecule has 11 heavy (non-hydrogen) atoms. The summed E-state index contributed by atoms with van der Waals surface area (Å²) < 4.78 is 0. The van der Waals surface area contributed by atoms with Gasteiger partial charge in [0.2, 0.25) is 0 Å². The molecule has 1 aliphatic heterocycles. The summed E-state index contributed by atoms with van der Waals surface area (Å²) in [7, 11) is 0. The Labute approximate surface area is 64.8 Å². The van der Waals surface area contributed by atoms with Gasteiger partial charge in [0.25, 0.3) is 0 Å². The van der Waals surface area contributed by atoms with Crippen molar-refractivity contribution in [2.24, 2.45) is 0 Å². The van der Waals surface area contributed by atoms with Crippen LogP contribution in [0.25, 0.3) is 0 Å². The molecule has 2 N–H and O–H groups in total. The van der Waals surface area contributed by atoms with Crippen LogP contribution >= 0.6 is 0 Å². The smallest absolute Gasteiger partial charge is 0.144 e. The fraction of sp³-hybridized carbons (Fsp3) is 0.125. The molecule has 0 radical (unpaired) electrons. The SMILES string of the molecule is C#Cc1cnc2c(c1)CNN2. The van der Waals surface area contributed by atoms with Crippen LogP contribution in [0.4, 0.5) is 5.82 Å². The van der Waals surface area contributed by atoms with E-state index in [1.807, 2.05) is 6.07 Å². The van der Waals surface area contributed by atoms with E-state index in [-0.39, 0.29) is 0 Å². The summed E-state index contributed by atoms with van der Waals surface area (Å²) >= 11 is 0. The summed E-state index contributed by atoms with van der Waals surface area (Å²) in [6.45, 7) is 0.790. The molecule has 1 aliphatic rings. The van der Waals surface area contributed by atoms with E-state index in [1.54, 1.807) is 6.20 Å². The molecule has 3 heteroatoms. The second-order valence-electron chi connectivity index (χ2n) is 2.35. The van der Waals surface area contributed by atoms with E-state index in [4.69, 9.17) is 6.42 Å². The van der Waals surface area contributed by atoms with Gasteiger partial charge in [-0.25, -0.2) is 10.4 Å². The molecule has 2 rings (SSSR count). The summed E-state index contributed by atoms with van der Waals surface area (Å²) in [4.78, 5) is 4.11. The minimum absolute atomic E-state index is 0.790. The highest BCUT2D eigenvalue weighted by Crippen LogP contribution is 2.16. The highest BCUT2D eigenvalue weighted by Gasteiger charge is 2.09. The number of hydrogen-bond donors (Lipinski definition) is 2. The quantitative estimate of drug-likeness (QED) is 0.522. The molecule has 0 amide bonds. The number of hydrazine groups is 1. The standard InChI is InChI=1S/C8H7N3/c1-2-6-3-7-5-10-11-8(7)9-4-6/h1,3-4,10H,5H2,(H,9,11). The molecule has 0 fully saturated rings. The second kappa shape index (κ2) is 2.26. The van der Waals surface area contributed by atoms with Gasteiger partial charge in [-0.15, -0.1) is 6.42 Å². The van der Waals surface area contributed by atoms with Crippen molar-refractivity contribution in [3.8, 4) is 12.3 Å². The van der Waals surface area contributed by atoms with Crippen LogP contribution in [0.3, 0.4) is 0 Å². The van der Waals surface area contributed by atoms with Gasteiger partial charge in [-0.1, -0.05) is 5.92 Å². The summed E-state index contributed by atoms with van der Waals surface area (Å²) in [5.74, 6) is 3.42. The van der Waals surface area contributed by atoms with Crippen molar-refractivity contribution >= 4 is 5.82 Å². The lowest BCUT2D eigenvalue weighted by Gasteiger charge is -1.95. The normalized spacial score (nSPS) is 13.4. The molecule has 0 aliphatic carbocycles. The second-order valence-corrected chi connectivity index (χ2v) is 2.35. The highest BCUT2D eigenvalue weighted by molar-refractivity contribution is 5.50. The first kappa shape index (κ1) is 6.20. The molecule has 1 aromatic heterocycles. The number of nitrogens with one attached hydrogen (secondary N) is 2. The van der Waals surface area contributed by atoms with E-state index in [0.29, 0.717) is 0 Å². The van der Waals surface area contributed by atoms with Gasteiger partial charge in [-0.3, -0.25) is 0 Å². The lowest BCUT2D eigenvalue weighted by molar-refractivity contribution is 0.859. The zero-order valence-corrected chi connectivity index (χ0v) is 5.89.